The predicted octanol–water partition coefficient (Wildman–Crippen LogP) is 2.55. The van der Waals surface area contributed by atoms with Gasteiger partial charge in [-0.3, -0.25) is 0 Å². The van der Waals surface area contributed by atoms with E-state index in [4.69, 9.17) is 0 Å². The van der Waals surface area contributed by atoms with Crippen molar-refractivity contribution in [1.82, 2.24) is 0 Å². The summed E-state index contributed by atoms with van der Waals surface area (Å²) < 4.78 is 21.3. The van der Waals surface area contributed by atoms with Crippen LogP contribution in [0.3, 0.4) is 0 Å². The average molecular weight is 191 g/mol. The SMILES string of the molecule is CCCCCCC[CH]S(C)(=O)=O. The minimum Gasteiger partial charge on any atom is -0.229 e. The average Bonchev–Trinajstić information content (AvgIpc) is 1.94. The van der Waals surface area contributed by atoms with Crippen molar-refractivity contribution in [3.63, 3.8) is 0 Å². The molecule has 0 heterocycles. The van der Waals surface area contributed by atoms with E-state index >= 15 is 0 Å². The molecule has 2 nitrogen and oxygen atoms in total. The maximum atomic E-state index is 10.7. The Bertz CT molecular complexity index is 183. The molecule has 0 aromatic carbocycles. The van der Waals surface area contributed by atoms with Crippen molar-refractivity contribution in [3.05, 3.63) is 5.75 Å². The van der Waals surface area contributed by atoms with Crippen molar-refractivity contribution in [2.24, 2.45) is 0 Å². The topological polar surface area (TPSA) is 34.1 Å². The van der Waals surface area contributed by atoms with Gasteiger partial charge < -0.3 is 0 Å². The molecule has 0 fully saturated rings. The Morgan fingerprint density at radius 2 is 1.67 bits per heavy atom. The molecular formula is C9H19O2S. The van der Waals surface area contributed by atoms with Crippen LogP contribution in [0.5, 0.6) is 0 Å². The van der Waals surface area contributed by atoms with Gasteiger partial charge in [-0.25, -0.2) is 8.42 Å². The Morgan fingerprint density at radius 3 is 2.17 bits per heavy atom. The van der Waals surface area contributed by atoms with E-state index in [2.05, 4.69) is 6.92 Å². The van der Waals surface area contributed by atoms with Crippen LogP contribution in [0.15, 0.2) is 0 Å². The molecule has 0 amide bonds. The summed E-state index contributed by atoms with van der Waals surface area (Å²) in [5, 5.41) is 0. The summed E-state index contributed by atoms with van der Waals surface area (Å²) in [6.45, 7) is 2.17. The van der Waals surface area contributed by atoms with Gasteiger partial charge in [0.15, 0.2) is 9.84 Å². The third kappa shape index (κ3) is 9.95. The van der Waals surface area contributed by atoms with Gasteiger partial charge in [-0.05, 0) is 6.42 Å². The van der Waals surface area contributed by atoms with Crippen molar-refractivity contribution in [2.75, 3.05) is 6.26 Å². The van der Waals surface area contributed by atoms with Gasteiger partial charge in [0.05, 0.1) is 5.75 Å². The predicted molar refractivity (Wildman–Crippen MR) is 52.5 cm³/mol. The van der Waals surface area contributed by atoms with Crippen LogP contribution in [0.25, 0.3) is 0 Å². The van der Waals surface area contributed by atoms with Crippen molar-refractivity contribution >= 4 is 9.84 Å². The van der Waals surface area contributed by atoms with Gasteiger partial charge in [0.1, 0.15) is 0 Å². The minimum atomic E-state index is -2.84. The van der Waals surface area contributed by atoms with E-state index in [1.165, 1.54) is 31.3 Å². The van der Waals surface area contributed by atoms with Crippen LogP contribution >= 0.6 is 0 Å². The molecule has 0 N–H and O–H groups in total. The molecule has 0 aromatic heterocycles. The summed E-state index contributed by atoms with van der Waals surface area (Å²) in [4.78, 5) is 0. The van der Waals surface area contributed by atoms with Gasteiger partial charge in [-0.15, -0.1) is 0 Å². The molecule has 12 heavy (non-hydrogen) atoms. The first-order chi connectivity index (χ1) is 5.56. The zero-order chi connectivity index (χ0) is 9.45. The summed E-state index contributed by atoms with van der Waals surface area (Å²) in [7, 11) is -2.84. The Hall–Kier alpha value is -0.0500. The molecule has 0 aliphatic carbocycles. The lowest BCUT2D eigenvalue weighted by molar-refractivity contribution is 0.598. The molecule has 0 aliphatic heterocycles. The van der Waals surface area contributed by atoms with Crippen LogP contribution in [-0.4, -0.2) is 14.7 Å². The van der Waals surface area contributed by atoms with Gasteiger partial charge >= 0.3 is 0 Å². The molecule has 1 radical (unpaired) electrons. The zero-order valence-electron chi connectivity index (χ0n) is 8.04. The highest BCUT2D eigenvalue weighted by atomic mass is 32.2. The number of rotatable bonds is 7. The molecule has 0 unspecified atom stereocenters. The largest absolute Gasteiger partial charge is 0.229 e. The Labute approximate surface area is 76.3 Å². The van der Waals surface area contributed by atoms with Gasteiger partial charge in [0.25, 0.3) is 0 Å². The van der Waals surface area contributed by atoms with Gasteiger partial charge in [0, 0.05) is 6.26 Å². The third-order valence-electron chi connectivity index (χ3n) is 1.73. The fourth-order valence-corrected chi connectivity index (χ4v) is 1.64. The summed E-state index contributed by atoms with van der Waals surface area (Å²) in [6, 6.07) is 0. The lowest BCUT2D eigenvalue weighted by atomic mass is 10.1. The molecule has 0 bridgehead atoms. The van der Waals surface area contributed by atoms with E-state index in [9.17, 15) is 8.42 Å². The van der Waals surface area contributed by atoms with Crippen LogP contribution in [0, 0.1) is 5.75 Å². The summed E-state index contributed by atoms with van der Waals surface area (Å²) >= 11 is 0. The van der Waals surface area contributed by atoms with Crippen molar-refractivity contribution in [1.29, 1.82) is 0 Å². The molecule has 73 valence electrons. The monoisotopic (exact) mass is 191 g/mol. The summed E-state index contributed by atoms with van der Waals surface area (Å²) in [5.74, 6) is 1.42. The van der Waals surface area contributed by atoms with Crippen LogP contribution in [-0.2, 0) is 9.84 Å². The standard InChI is InChI=1S/C9H19O2S/c1-3-4-5-6-7-8-9-12(2,10)11/h9H,3-8H2,1-2H3. The highest BCUT2D eigenvalue weighted by Crippen LogP contribution is 2.08. The van der Waals surface area contributed by atoms with Crippen LogP contribution < -0.4 is 0 Å². The minimum absolute atomic E-state index is 0.711. The first-order valence-electron chi connectivity index (χ1n) is 4.59. The molecule has 0 spiro atoms. The quantitative estimate of drug-likeness (QED) is 0.579. The number of hydrogen-bond donors (Lipinski definition) is 0. The van der Waals surface area contributed by atoms with Crippen LogP contribution in [0.1, 0.15) is 45.4 Å². The molecule has 0 rings (SSSR count). The Kier molecular flexibility index (Phi) is 6.44. The highest BCUT2D eigenvalue weighted by molar-refractivity contribution is 7.92. The van der Waals surface area contributed by atoms with Gasteiger partial charge in [-0.1, -0.05) is 39.0 Å². The van der Waals surface area contributed by atoms with E-state index in [-0.39, 0.29) is 0 Å². The van der Waals surface area contributed by atoms with E-state index < -0.39 is 9.84 Å². The fraction of sp³-hybridized carbons (Fsp3) is 0.889. The highest BCUT2D eigenvalue weighted by Gasteiger charge is 2.00. The second-order valence-electron chi connectivity index (χ2n) is 3.20. The van der Waals surface area contributed by atoms with Gasteiger partial charge in [0.2, 0.25) is 0 Å². The Morgan fingerprint density at radius 1 is 1.08 bits per heavy atom. The number of hydrogen-bond acceptors (Lipinski definition) is 2. The Balaban J connectivity index is 3.12. The molecule has 0 saturated carbocycles. The first-order valence-corrected chi connectivity index (χ1v) is 6.55. The molecular weight excluding hydrogens is 172 g/mol. The molecule has 3 heteroatoms. The number of sulfone groups is 1. The second kappa shape index (κ2) is 6.46. The maximum absolute atomic E-state index is 10.7. The first kappa shape index (κ1) is 11.9. The lowest BCUT2D eigenvalue weighted by Crippen LogP contribution is -1.95. The maximum Gasteiger partial charge on any atom is 0.151 e. The normalized spacial score (nSPS) is 11.8. The molecule has 0 atom stereocenters. The fourth-order valence-electron chi connectivity index (χ4n) is 1.05. The van der Waals surface area contributed by atoms with Crippen molar-refractivity contribution in [2.45, 2.75) is 45.4 Å². The van der Waals surface area contributed by atoms with Gasteiger partial charge in [-0.2, -0.15) is 0 Å². The summed E-state index contributed by atoms with van der Waals surface area (Å²) in [5.41, 5.74) is 0. The molecule has 0 saturated heterocycles. The van der Waals surface area contributed by atoms with Crippen LogP contribution in [0.4, 0.5) is 0 Å². The van der Waals surface area contributed by atoms with E-state index in [1.807, 2.05) is 0 Å². The van der Waals surface area contributed by atoms with Crippen LogP contribution in [0.2, 0.25) is 0 Å². The van der Waals surface area contributed by atoms with E-state index in [0.717, 1.165) is 12.8 Å². The third-order valence-corrected chi connectivity index (χ3v) is 2.57. The van der Waals surface area contributed by atoms with E-state index in [1.54, 1.807) is 0 Å². The number of unbranched alkanes of at least 4 members (excludes halogenated alkanes) is 5. The molecule has 0 aromatic rings. The van der Waals surface area contributed by atoms with Crippen molar-refractivity contribution < 1.29 is 8.42 Å². The van der Waals surface area contributed by atoms with Crippen molar-refractivity contribution in [3.8, 4) is 0 Å². The second-order valence-corrected chi connectivity index (χ2v) is 5.19. The smallest absolute Gasteiger partial charge is 0.151 e. The summed E-state index contributed by atoms with van der Waals surface area (Å²) in [6.07, 6.45) is 7.84. The van der Waals surface area contributed by atoms with E-state index in [0.29, 0.717) is 6.42 Å². The molecule has 0 aliphatic rings. The lowest BCUT2D eigenvalue weighted by Gasteiger charge is -1.98. The zero-order valence-corrected chi connectivity index (χ0v) is 8.86.